The Labute approximate surface area is 136 Å². The maximum absolute atomic E-state index is 12.7. The number of carbonyl (C=O) groups excluding carboxylic acids is 3. The summed E-state index contributed by atoms with van der Waals surface area (Å²) in [5.74, 6) is -0.224. The molecule has 1 fully saturated rings. The molecule has 23 heavy (non-hydrogen) atoms. The van der Waals surface area contributed by atoms with Gasteiger partial charge in [-0.2, -0.15) is 0 Å². The molecule has 1 aliphatic rings. The zero-order valence-corrected chi connectivity index (χ0v) is 14.4. The molecule has 0 saturated heterocycles. The molecule has 0 bridgehead atoms. The first-order valence-corrected chi connectivity index (χ1v) is 7.96. The number of ketones is 2. The molecule has 6 heteroatoms. The second-order valence-electron chi connectivity index (χ2n) is 6.48. The van der Waals surface area contributed by atoms with Crippen molar-refractivity contribution in [1.29, 1.82) is 0 Å². The summed E-state index contributed by atoms with van der Waals surface area (Å²) in [5.41, 5.74) is 2.42. The van der Waals surface area contributed by atoms with Crippen molar-refractivity contribution in [1.82, 2.24) is 15.2 Å². The van der Waals surface area contributed by atoms with Crippen LogP contribution in [0, 0.1) is 13.8 Å². The summed E-state index contributed by atoms with van der Waals surface area (Å²) in [7, 11) is 1.76. The standard InChI is InChI=1S/C17H25N3O3/c1-9-15(12(4)21)10(2)18-16(9)17(23)11(3)20(5)8-14(22)19-13-6-7-13/h11,13,18H,6-8H2,1-5H3,(H,19,22)/t11-/m1/s1. The molecule has 1 atom stereocenters. The van der Waals surface area contributed by atoms with Crippen molar-refractivity contribution in [2.24, 2.45) is 0 Å². The fourth-order valence-corrected chi connectivity index (χ4v) is 2.80. The number of hydrogen-bond donors (Lipinski definition) is 2. The summed E-state index contributed by atoms with van der Waals surface area (Å²) in [6.45, 7) is 7.02. The van der Waals surface area contributed by atoms with E-state index in [-0.39, 0.29) is 24.0 Å². The average Bonchev–Trinajstić information content (AvgIpc) is 3.20. The number of nitrogens with zero attached hydrogens (tertiary/aromatic N) is 1. The van der Waals surface area contributed by atoms with E-state index in [0.717, 1.165) is 12.8 Å². The van der Waals surface area contributed by atoms with Gasteiger partial charge in [0.1, 0.15) is 0 Å². The molecule has 1 aromatic rings. The van der Waals surface area contributed by atoms with Crippen molar-refractivity contribution in [2.75, 3.05) is 13.6 Å². The van der Waals surface area contributed by atoms with Crippen LogP contribution in [0.5, 0.6) is 0 Å². The smallest absolute Gasteiger partial charge is 0.234 e. The van der Waals surface area contributed by atoms with Crippen LogP contribution < -0.4 is 5.32 Å². The molecule has 0 spiro atoms. The normalized spacial score (nSPS) is 15.6. The molecule has 2 N–H and O–H groups in total. The lowest BCUT2D eigenvalue weighted by atomic mass is 10.0. The van der Waals surface area contributed by atoms with Crippen LogP contribution in [-0.2, 0) is 4.79 Å². The lowest BCUT2D eigenvalue weighted by Gasteiger charge is -2.22. The molecule has 0 unspecified atom stereocenters. The Hall–Kier alpha value is -1.95. The van der Waals surface area contributed by atoms with Gasteiger partial charge in [-0.3, -0.25) is 19.3 Å². The summed E-state index contributed by atoms with van der Waals surface area (Å²) >= 11 is 0. The lowest BCUT2D eigenvalue weighted by molar-refractivity contribution is -0.122. The van der Waals surface area contributed by atoms with Gasteiger partial charge < -0.3 is 10.3 Å². The number of rotatable bonds is 7. The van der Waals surface area contributed by atoms with Gasteiger partial charge in [0.15, 0.2) is 11.6 Å². The first-order valence-electron chi connectivity index (χ1n) is 7.96. The van der Waals surface area contributed by atoms with Crippen LogP contribution in [0.1, 0.15) is 58.8 Å². The minimum Gasteiger partial charge on any atom is -0.355 e. The molecule has 0 radical (unpaired) electrons. The van der Waals surface area contributed by atoms with Gasteiger partial charge in [-0.25, -0.2) is 0 Å². The van der Waals surface area contributed by atoms with E-state index in [0.29, 0.717) is 28.6 Å². The minimum atomic E-state index is -0.448. The Morgan fingerprint density at radius 2 is 1.91 bits per heavy atom. The van der Waals surface area contributed by atoms with E-state index in [1.165, 1.54) is 6.92 Å². The highest BCUT2D eigenvalue weighted by Crippen LogP contribution is 2.21. The Morgan fingerprint density at radius 3 is 2.39 bits per heavy atom. The van der Waals surface area contributed by atoms with Crippen molar-refractivity contribution < 1.29 is 14.4 Å². The van der Waals surface area contributed by atoms with E-state index in [2.05, 4.69) is 10.3 Å². The molecule has 1 aromatic heterocycles. The lowest BCUT2D eigenvalue weighted by Crippen LogP contribution is -2.43. The van der Waals surface area contributed by atoms with Crippen molar-refractivity contribution in [3.63, 3.8) is 0 Å². The predicted octanol–water partition coefficient (Wildman–Crippen LogP) is 1.62. The summed E-state index contributed by atoms with van der Waals surface area (Å²) < 4.78 is 0. The van der Waals surface area contributed by atoms with Gasteiger partial charge in [-0.1, -0.05) is 0 Å². The Balaban J connectivity index is 2.08. The van der Waals surface area contributed by atoms with Crippen LogP contribution in [0.15, 0.2) is 0 Å². The average molecular weight is 319 g/mol. The first kappa shape index (κ1) is 17.4. The highest BCUT2D eigenvalue weighted by Gasteiger charge is 2.28. The van der Waals surface area contributed by atoms with Crippen LogP contribution >= 0.6 is 0 Å². The number of hydrogen-bond acceptors (Lipinski definition) is 4. The zero-order valence-electron chi connectivity index (χ0n) is 14.4. The number of carbonyl (C=O) groups is 3. The maximum Gasteiger partial charge on any atom is 0.234 e. The fraction of sp³-hybridized carbons (Fsp3) is 0.588. The zero-order chi connectivity index (χ0) is 17.3. The van der Waals surface area contributed by atoms with Crippen molar-refractivity contribution >= 4 is 17.5 Å². The topological polar surface area (TPSA) is 82.3 Å². The van der Waals surface area contributed by atoms with E-state index in [1.807, 2.05) is 0 Å². The fourth-order valence-electron chi connectivity index (χ4n) is 2.80. The van der Waals surface area contributed by atoms with Crippen molar-refractivity contribution in [3.8, 4) is 0 Å². The van der Waals surface area contributed by atoms with Gasteiger partial charge in [0, 0.05) is 17.3 Å². The minimum absolute atomic E-state index is 0.0554. The van der Waals surface area contributed by atoms with Crippen molar-refractivity contribution in [3.05, 3.63) is 22.5 Å². The predicted molar refractivity (Wildman–Crippen MR) is 87.9 cm³/mol. The van der Waals surface area contributed by atoms with E-state index in [9.17, 15) is 14.4 Å². The molecule has 0 aliphatic heterocycles. The molecule has 1 aliphatic carbocycles. The quantitative estimate of drug-likeness (QED) is 0.748. The molecule has 1 heterocycles. The van der Waals surface area contributed by atoms with Gasteiger partial charge in [0.05, 0.1) is 18.3 Å². The maximum atomic E-state index is 12.7. The SMILES string of the molecule is CC(=O)c1c(C)[nH]c(C(=O)[C@@H](C)N(C)CC(=O)NC2CC2)c1C. The Bertz CT molecular complexity index is 644. The Kier molecular flexibility index (Phi) is 5.04. The molecular weight excluding hydrogens is 294 g/mol. The third kappa shape index (κ3) is 3.88. The second-order valence-corrected chi connectivity index (χ2v) is 6.48. The number of aromatic nitrogens is 1. The van der Waals surface area contributed by atoms with Crippen LogP contribution in [0.3, 0.4) is 0 Å². The molecule has 0 aromatic carbocycles. The second kappa shape index (κ2) is 6.66. The largest absolute Gasteiger partial charge is 0.355 e. The molecule has 1 saturated carbocycles. The van der Waals surface area contributed by atoms with E-state index in [4.69, 9.17) is 0 Å². The summed E-state index contributed by atoms with van der Waals surface area (Å²) in [4.78, 5) is 41.0. The Morgan fingerprint density at radius 1 is 1.30 bits per heavy atom. The monoisotopic (exact) mass is 319 g/mol. The molecular formula is C17H25N3O3. The van der Waals surface area contributed by atoms with Crippen LogP contribution in [0.25, 0.3) is 0 Å². The molecule has 1 amide bonds. The number of amides is 1. The number of nitrogens with one attached hydrogen (secondary N) is 2. The van der Waals surface area contributed by atoms with E-state index < -0.39 is 6.04 Å². The summed E-state index contributed by atoms with van der Waals surface area (Å²) in [6, 6.07) is -0.134. The van der Waals surface area contributed by atoms with Gasteiger partial charge in [0.2, 0.25) is 5.91 Å². The van der Waals surface area contributed by atoms with Gasteiger partial charge >= 0.3 is 0 Å². The highest BCUT2D eigenvalue weighted by molar-refractivity contribution is 6.05. The van der Waals surface area contributed by atoms with Crippen LogP contribution in [0.4, 0.5) is 0 Å². The number of H-pyrrole nitrogens is 1. The number of Topliss-reactive ketones (excluding diaryl/α,β-unsaturated/α-hetero) is 2. The summed E-state index contributed by atoms with van der Waals surface area (Å²) in [5, 5.41) is 2.91. The first-order chi connectivity index (χ1) is 10.7. The van der Waals surface area contributed by atoms with Crippen LogP contribution in [0.2, 0.25) is 0 Å². The van der Waals surface area contributed by atoms with E-state index in [1.54, 1.807) is 32.7 Å². The van der Waals surface area contributed by atoms with Gasteiger partial charge in [0.25, 0.3) is 0 Å². The van der Waals surface area contributed by atoms with E-state index >= 15 is 0 Å². The van der Waals surface area contributed by atoms with Crippen molar-refractivity contribution in [2.45, 2.75) is 52.6 Å². The summed E-state index contributed by atoms with van der Waals surface area (Å²) in [6.07, 6.45) is 2.08. The number of likely N-dealkylation sites (N-methyl/N-ethyl adjacent to an activating group) is 1. The third-order valence-corrected chi connectivity index (χ3v) is 4.41. The molecule has 6 nitrogen and oxygen atoms in total. The molecule has 126 valence electrons. The highest BCUT2D eigenvalue weighted by atomic mass is 16.2. The van der Waals surface area contributed by atoms with Crippen LogP contribution in [-0.4, -0.2) is 53.0 Å². The van der Waals surface area contributed by atoms with Gasteiger partial charge in [-0.15, -0.1) is 0 Å². The molecule has 2 rings (SSSR count). The van der Waals surface area contributed by atoms with Gasteiger partial charge in [-0.05, 0) is 53.1 Å². The third-order valence-electron chi connectivity index (χ3n) is 4.41. The number of aromatic amines is 1. The number of aryl methyl sites for hydroxylation is 1.